The molecule has 0 saturated heterocycles. The van der Waals surface area contributed by atoms with Gasteiger partial charge in [0.05, 0.1) is 11.0 Å². The number of benzene rings is 1. The molecular formula is C17H21N3O6. The second kappa shape index (κ2) is 8.03. The molecule has 2 N–H and O–H groups in total. The van der Waals surface area contributed by atoms with Crippen molar-refractivity contribution in [3.8, 4) is 11.5 Å². The summed E-state index contributed by atoms with van der Waals surface area (Å²) in [6, 6.07) is 2.72. The molecule has 1 fully saturated rings. The van der Waals surface area contributed by atoms with Gasteiger partial charge in [0.15, 0.2) is 11.5 Å². The topological polar surface area (TPSA) is 120 Å². The number of carbonyl (C=O) groups excluding carboxylic acids is 2. The fourth-order valence-corrected chi connectivity index (χ4v) is 3.17. The van der Waals surface area contributed by atoms with Gasteiger partial charge in [-0.05, 0) is 12.8 Å². The number of hydrogen-bond donors (Lipinski definition) is 2. The number of rotatable bonds is 6. The van der Waals surface area contributed by atoms with Crippen molar-refractivity contribution < 1.29 is 24.0 Å². The fraction of sp³-hybridized carbons (Fsp3) is 0.529. The number of nitro groups is 1. The number of ether oxygens (including phenoxy) is 2. The smallest absolute Gasteiger partial charge is 0.286 e. The molecule has 1 aliphatic carbocycles. The van der Waals surface area contributed by atoms with Gasteiger partial charge >= 0.3 is 0 Å². The third-order valence-electron chi connectivity index (χ3n) is 4.46. The maximum absolute atomic E-state index is 12.3. The van der Waals surface area contributed by atoms with E-state index in [9.17, 15) is 19.7 Å². The van der Waals surface area contributed by atoms with E-state index in [4.69, 9.17) is 9.47 Å². The summed E-state index contributed by atoms with van der Waals surface area (Å²) in [6.45, 7) is 0.710. The van der Waals surface area contributed by atoms with Crippen molar-refractivity contribution in [1.82, 2.24) is 10.6 Å². The Kier molecular flexibility index (Phi) is 5.55. The summed E-state index contributed by atoms with van der Waals surface area (Å²) in [4.78, 5) is 34.8. The molecule has 1 aromatic carbocycles. The van der Waals surface area contributed by atoms with Crippen LogP contribution in [0.4, 0.5) is 5.69 Å². The maximum atomic E-state index is 12.3. The molecule has 140 valence electrons. The molecule has 0 radical (unpaired) electrons. The first kappa shape index (κ1) is 18.0. The molecule has 2 amide bonds. The molecule has 2 aliphatic rings. The highest BCUT2D eigenvalue weighted by atomic mass is 16.6. The molecule has 26 heavy (non-hydrogen) atoms. The molecule has 1 aromatic rings. The number of amides is 2. The number of nitrogens with one attached hydrogen (secondary N) is 2. The summed E-state index contributed by atoms with van der Waals surface area (Å²) in [6.07, 6.45) is 4.34. The van der Waals surface area contributed by atoms with Gasteiger partial charge in [-0.2, -0.15) is 0 Å². The first-order chi connectivity index (χ1) is 12.5. The third-order valence-corrected chi connectivity index (χ3v) is 4.46. The molecule has 0 unspecified atom stereocenters. The molecule has 1 saturated carbocycles. The summed E-state index contributed by atoms with van der Waals surface area (Å²) < 4.78 is 10.7. The van der Waals surface area contributed by atoms with Crippen LogP contribution in [0.2, 0.25) is 0 Å². The minimum absolute atomic E-state index is 0.100. The second-order valence-electron chi connectivity index (χ2n) is 6.32. The predicted octanol–water partition coefficient (Wildman–Crippen LogP) is 1.54. The monoisotopic (exact) mass is 363 g/mol. The lowest BCUT2D eigenvalue weighted by Crippen LogP contribution is -2.35. The van der Waals surface area contributed by atoms with Crippen LogP contribution in [-0.4, -0.2) is 42.5 Å². The van der Waals surface area contributed by atoms with Gasteiger partial charge in [0.25, 0.3) is 11.6 Å². The van der Waals surface area contributed by atoms with Crippen LogP contribution in [0.5, 0.6) is 11.5 Å². The Labute approximate surface area is 150 Å². The van der Waals surface area contributed by atoms with Crippen molar-refractivity contribution in [2.45, 2.75) is 38.1 Å². The van der Waals surface area contributed by atoms with Crippen LogP contribution in [0, 0.1) is 10.1 Å². The maximum Gasteiger partial charge on any atom is 0.286 e. The van der Waals surface area contributed by atoms with E-state index in [1.807, 2.05) is 0 Å². The molecule has 0 aromatic heterocycles. The van der Waals surface area contributed by atoms with Gasteiger partial charge in [-0.15, -0.1) is 0 Å². The minimum Gasteiger partial charge on any atom is -0.486 e. The Hall–Kier alpha value is -2.84. The molecular weight excluding hydrogens is 342 g/mol. The molecule has 3 rings (SSSR count). The number of carbonyl (C=O) groups is 2. The standard InChI is InChI=1S/C17H21N3O6/c21-16(19-11-3-1-2-4-11)5-6-18-17(22)12-9-14-15(26-8-7-25-14)10-13(12)20(23)24/h9-11H,1-8H2,(H,18,22)(H,19,21). The van der Waals surface area contributed by atoms with Crippen molar-refractivity contribution in [3.05, 3.63) is 27.8 Å². The Balaban J connectivity index is 1.60. The third kappa shape index (κ3) is 4.22. The Morgan fingerprint density at radius 1 is 1.15 bits per heavy atom. The summed E-state index contributed by atoms with van der Waals surface area (Å²) in [5, 5.41) is 16.7. The number of nitrogens with zero attached hydrogens (tertiary/aromatic N) is 1. The van der Waals surface area contributed by atoms with E-state index in [-0.39, 0.29) is 41.9 Å². The lowest BCUT2D eigenvalue weighted by atomic mass is 10.1. The highest BCUT2D eigenvalue weighted by Gasteiger charge is 2.26. The van der Waals surface area contributed by atoms with Crippen molar-refractivity contribution in [2.24, 2.45) is 0 Å². The van der Waals surface area contributed by atoms with Crippen LogP contribution in [0.15, 0.2) is 12.1 Å². The average molecular weight is 363 g/mol. The van der Waals surface area contributed by atoms with Gasteiger partial charge in [-0.1, -0.05) is 12.8 Å². The van der Waals surface area contributed by atoms with E-state index < -0.39 is 10.8 Å². The first-order valence-corrected chi connectivity index (χ1v) is 8.70. The molecule has 9 heteroatoms. The quantitative estimate of drug-likeness (QED) is 0.584. The molecule has 0 atom stereocenters. The van der Waals surface area contributed by atoms with E-state index in [1.54, 1.807) is 0 Å². The van der Waals surface area contributed by atoms with Crippen LogP contribution in [-0.2, 0) is 4.79 Å². The van der Waals surface area contributed by atoms with Gasteiger partial charge in [0.2, 0.25) is 5.91 Å². The molecule has 0 bridgehead atoms. The lowest BCUT2D eigenvalue weighted by Gasteiger charge is -2.19. The number of nitro benzene ring substituents is 1. The fourth-order valence-electron chi connectivity index (χ4n) is 3.17. The predicted molar refractivity (Wildman–Crippen MR) is 91.4 cm³/mol. The summed E-state index contributed by atoms with van der Waals surface area (Å²) in [7, 11) is 0. The van der Waals surface area contributed by atoms with E-state index in [1.165, 1.54) is 12.1 Å². The van der Waals surface area contributed by atoms with Crippen molar-refractivity contribution in [2.75, 3.05) is 19.8 Å². The zero-order chi connectivity index (χ0) is 18.5. The highest BCUT2D eigenvalue weighted by Crippen LogP contribution is 2.36. The van der Waals surface area contributed by atoms with Crippen LogP contribution < -0.4 is 20.1 Å². The van der Waals surface area contributed by atoms with Gasteiger partial charge in [-0.25, -0.2) is 0 Å². The van der Waals surface area contributed by atoms with Crippen molar-refractivity contribution in [1.29, 1.82) is 0 Å². The summed E-state index contributed by atoms with van der Waals surface area (Å²) in [5.74, 6) is -0.211. The number of fused-ring (bicyclic) bond motifs is 1. The molecule has 1 heterocycles. The first-order valence-electron chi connectivity index (χ1n) is 8.70. The van der Waals surface area contributed by atoms with Crippen LogP contribution in [0.1, 0.15) is 42.5 Å². The van der Waals surface area contributed by atoms with Crippen LogP contribution in [0.3, 0.4) is 0 Å². The largest absolute Gasteiger partial charge is 0.486 e. The Morgan fingerprint density at radius 2 is 1.81 bits per heavy atom. The minimum atomic E-state index is -0.639. The van der Waals surface area contributed by atoms with Gasteiger partial charge < -0.3 is 20.1 Å². The Bertz CT molecular complexity index is 715. The van der Waals surface area contributed by atoms with Crippen molar-refractivity contribution >= 4 is 17.5 Å². The normalized spacial score (nSPS) is 16.2. The van der Waals surface area contributed by atoms with Crippen molar-refractivity contribution in [3.63, 3.8) is 0 Å². The van der Waals surface area contributed by atoms with E-state index in [0.29, 0.717) is 19.0 Å². The number of hydrogen-bond acceptors (Lipinski definition) is 6. The SMILES string of the molecule is O=C(CCNC(=O)c1cc2c(cc1[N+](=O)[O-])OCCO2)NC1CCCC1. The van der Waals surface area contributed by atoms with Crippen LogP contribution in [0.25, 0.3) is 0 Å². The van der Waals surface area contributed by atoms with Gasteiger partial charge in [-0.3, -0.25) is 19.7 Å². The van der Waals surface area contributed by atoms with E-state index in [2.05, 4.69) is 10.6 Å². The summed E-state index contributed by atoms with van der Waals surface area (Å²) >= 11 is 0. The highest BCUT2D eigenvalue weighted by molar-refractivity contribution is 5.99. The molecule has 0 spiro atoms. The van der Waals surface area contributed by atoms with E-state index in [0.717, 1.165) is 25.7 Å². The molecule has 1 aliphatic heterocycles. The van der Waals surface area contributed by atoms with E-state index >= 15 is 0 Å². The van der Waals surface area contributed by atoms with Gasteiger partial charge in [0.1, 0.15) is 18.8 Å². The second-order valence-corrected chi connectivity index (χ2v) is 6.32. The zero-order valence-corrected chi connectivity index (χ0v) is 14.3. The van der Waals surface area contributed by atoms with Crippen LogP contribution >= 0.6 is 0 Å². The average Bonchev–Trinajstić information content (AvgIpc) is 3.13. The lowest BCUT2D eigenvalue weighted by molar-refractivity contribution is -0.385. The summed E-state index contributed by atoms with van der Waals surface area (Å²) in [5.41, 5.74) is -0.474. The molecule has 9 nitrogen and oxygen atoms in total. The zero-order valence-electron chi connectivity index (χ0n) is 14.3. The van der Waals surface area contributed by atoms with Gasteiger partial charge in [0, 0.05) is 25.1 Å². The Morgan fingerprint density at radius 3 is 2.46 bits per heavy atom.